The Morgan fingerprint density at radius 3 is 2.50 bits per heavy atom. The first-order valence-electron chi connectivity index (χ1n) is 3.40. The number of rotatable bonds is 5. The fourth-order valence-corrected chi connectivity index (χ4v) is 0.673. The first kappa shape index (κ1) is 7.67. The molecule has 0 aromatic carbocycles. The third-order valence-electron chi connectivity index (χ3n) is 1.20. The Morgan fingerprint density at radius 2 is 2.00 bits per heavy atom. The van der Waals surface area contributed by atoms with Gasteiger partial charge in [0.15, 0.2) is 0 Å². The van der Waals surface area contributed by atoms with E-state index in [-0.39, 0.29) is 0 Å². The lowest BCUT2D eigenvalue weighted by molar-refractivity contribution is 0.685. The Bertz CT molecular complexity index is 50.3. The van der Waals surface area contributed by atoms with E-state index >= 15 is 0 Å². The van der Waals surface area contributed by atoms with E-state index in [0.29, 0.717) is 0 Å². The highest BCUT2D eigenvalue weighted by atomic mass is 14.3. The molecule has 0 spiro atoms. The molecule has 1 heteroatoms. The lowest BCUT2D eigenvalue weighted by atomic mass is 10.2. The van der Waals surface area contributed by atoms with Crippen LogP contribution in [0.2, 0.25) is 0 Å². The number of hydrogen-bond acceptors (Lipinski definition) is 1. The third-order valence-corrected chi connectivity index (χ3v) is 1.20. The van der Waals surface area contributed by atoms with Gasteiger partial charge in [-0.3, -0.25) is 0 Å². The van der Waals surface area contributed by atoms with Crippen LogP contribution >= 0.6 is 0 Å². The van der Waals surface area contributed by atoms with Gasteiger partial charge in [-0.15, -0.1) is 0 Å². The highest BCUT2D eigenvalue weighted by molar-refractivity contribution is 5.52. The zero-order chi connectivity index (χ0) is 6.24. The Hall–Kier alpha value is -0.330. The highest BCUT2D eigenvalue weighted by Gasteiger charge is 1.82. The molecule has 0 amide bonds. The number of nitrogens with one attached hydrogen (secondary N) is 1. The van der Waals surface area contributed by atoms with E-state index in [1.807, 2.05) is 0 Å². The van der Waals surface area contributed by atoms with Crippen molar-refractivity contribution in [3.05, 3.63) is 0 Å². The molecule has 0 aliphatic rings. The summed E-state index contributed by atoms with van der Waals surface area (Å²) in [7, 11) is 0. The van der Waals surface area contributed by atoms with E-state index in [9.17, 15) is 0 Å². The van der Waals surface area contributed by atoms with E-state index in [0.717, 1.165) is 6.42 Å². The Morgan fingerprint density at radius 1 is 1.25 bits per heavy atom. The molecule has 1 nitrogen and oxygen atoms in total. The normalized spacial score (nSPS) is 9.12. The zero-order valence-electron chi connectivity index (χ0n) is 5.61. The molecule has 0 aromatic rings. The fourth-order valence-electron chi connectivity index (χ4n) is 0.673. The quantitative estimate of drug-likeness (QED) is 0.418. The minimum absolute atomic E-state index is 0.972. The molecule has 0 aromatic heterocycles. The van der Waals surface area contributed by atoms with Gasteiger partial charge in [0.05, 0.1) is 0 Å². The van der Waals surface area contributed by atoms with Crippen molar-refractivity contribution in [2.45, 2.75) is 39.0 Å². The van der Waals surface area contributed by atoms with E-state index in [2.05, 4.69) is 6.92 Å². The predicted molar refractivity (Wildman–Crippen MR) is 37.5 cm³/mol. The first-order chi connectivity index (χ1) is 3.91. The standard InChI is InChI=1S/C7H15N/c1-2-3-4-5-6-7-8/h7-8H,2-6H2,1H3. The van der Waals surface area contributed by atoms with Crippen molar-refractivity contribution in [2.24, 2.45) is 0 Å². The maximum Gasteiger partial charge on any atom is -0.00477 e. The average molecular weight is 113 g/mol. The van der Waals surface area contributed by atoms with Gasteiger partial charge in [0.2, 0.25) is 0 Å². The second-order valence-corrected chi connectivity index (χ2v) is 2.05. The SMILES string of the molecule is CCCCCCC=N. The lowest BCUT2D eigenvalue weighted by Gasteiger charge is -1.91. The predicted octanol–water partition coefficient (Wildman–Crippen LogP) is 2.61. The minimum atomic E-state index is 0.972. The van der Waals surface area contributed by atoms with Crippen molar-refractivity contribution in [2.75, 3.05) is 0 Å². The molecule has 0 atom stereocenters. The van der Waals surface area contributed by atoms with Crippen molar-refractivity contribution in [1.29, 1.82) is 5.41 Å². The topological polar surface area (TPSA) is 23.9 Å². The molecule has 0 saturated heterocycles. The summed E-state index contributed by atoms with van der Waals surface area (Å²) in [5.74, 6) is 0. The van der Waals surface area contributed by atoms with Crippen molar-refractivity contribution >= 4 is 6.21 Å². The molecule has 0 unspecified atom stereocenters. The Kier molecular flexibility index (Phi) is 6.39. The molecule has 1 N–H and O–H groups in total. The summed E-state index contributed by atoms with van der Waals surface area (Å²) in [6.07, 6.45) is 7.59. The molecule has 8 heavy (non-hydrogen) atoms. The summed E-state index contributed by atoms with van der Waals surface area (Å²) in [4.78, 5) is 0. The third kappa shape index (κ3) is 5.67. The Labute approximate surface area is 51.6 Å². The smallest absolute Gasteiger partial charge is 0.00477 e. The monoisotopic (exact) mass is 113 g/mol. The van der Waals surface area contributed by atoms with Crippen LogP contribution in [0, 0.1) is 5.41 Å². The largest absolute Gasteiger partial charge is 0.313 e. The van der Waals surface area contributed by atoms with Crippen LogP contribution in [0.15, 0.2) is 0 Å². The summed E-state index contributed by atoms with van der Waals surface area (Å²) >= 11 is 0. The van der Waals surface area contributed by atoms with Gasteiger partial charge in [0, 0.05) is 0 Å². The molecule has 0 heterocycles. The second-order valence-electron chi connectivity index (χ2n) is 2.05. The molecule has 0 aliphatic carbocycles. The van der Waals surface area contributed by atoms with Crippen molar-refractivity contribution < 1.29 is 0 Å². The summed E-state index contributed by atoms with van der Waals surface area (Å²) < 4.78 is 0. The lowest BCUT2D eigenvalue weighted by Crippen LogP contribution is -1.75. The molecule has 0 bridgehead atoms. The molecule has 0 radical (unpaired) electrons. The van der Waals surface area contributed by atoms with E-state index in [1.165, 1.54) is 31.9 Å². The molecule has 0 saturated carbocycles. The fraction of sp³-hybridized carbons (Fsp3) is 0.857. The van der Waals surface area contributed by atoms with Gasteiger partial charge < -0.3 is 5.41 Å². The van der Waals surface area contributed by atoms with Gasteiger partial charge in [-0.1, -0.05) is 26.2 Å². The van der Waals surface area contributed by atoms with Crippen molar-refractivity contribution in [3.8, 4) is 0 Å². The average Bonchev–Trinajstić information content (AvgIpc) is 1.81. The summed E-state index contributed by atoms with van der Waals surface area (Å²) in [6, 6.07) is 0. The number of hydrogen-bond donors (Lipinski definition) is 1. The van der Waals surface area contributed by atoms with E-state index in [1.54, 1.807) is 0 Å². The molecular weight excluding hydrogens is 98.1 g/mol. The summed E-state index contributed by atoms with van der Waals surface area (Å²) in [6.45, 7) is 2.20. The minimum Gasteiger partial charge on any atom is -0.313 e. The van der Waals surface area contributed by atoms with Gasteiger partial charge in [-0.05, 0) is 19.1 Å². The molecule has 0 rings (SSSR count). The van der Waals surface area contributed by atoms with Crippen LogP contribution in [0.3, 0.4) is 0 Å². The molecular formula is C7H15N. The van der Waals surface area contributed by atoms with E-state index < -0.39 is 0 Å². The van der Waals surface area contributed by atoms with Crippen molar-refractivity contribution in [3.63, 3.8) is 0 Å². The van der Waals surface area contributed by atoms with Crippen LogP contribution < -0.4 is 0 Å². The molecule has 0 fully saturated rings. The van der Waals surface area contributed by atoms with Crippen LogP contribution in [-0.4, -0.2) is 6.21 Å². The van der Waals surface area contributed by atoms with Crippen molar-refractivity contribution in [1.82, 2.24) is 0 Å². The van der Waals surface area contributed by atoms with Crippen LogP contribution in [-0.2, 0) is 0 Å². The maximum absolute atomic E-state index is 6.71. The molecule has 48 valence electrons. The van der Waals surface area contributed by atoms with Gasteiger partial charge in [-0.25, -0.2) is 0 Å². The van der Waals surface area contributed by atoms with Crippen LogP contribution in [0.1, 0.15) is 39.0 Å². The maximum atomic E-state index is 6.71. The van der Waals surface area contributed by atoms with Gasteiger partial charge >= 0.3 is 0 Å². The van der Waals surface area contributed by atoms with Gasteiger partial charge in [0.1, 0.15) is 0 Å². The van der Waals surface area contributed by atoms with Gasteiger partial charge in [-0.2, -0.15) is 0 Å². The second kappa shape index (κ2) is 6.67. The van der Waals surface area contributed by atoms with Crippen LogP contribution in [0.25, 0.3) is 0 Å². The van der Waals surface area contributed by atoms with Crippen LogP contribution in [0.4, 0.5) is 0 Å². The zero-order valence-corrected chi connectivity index (χ0v) is 5.61. The highest BCUT2D eigenvalue weighted by Crippen LogP contribution is 1.99. The molecule has 0 aliphatic heterocycles. The summed E-state index contributed by atoms with van der Waals surface area (Å²) in [5.41, 5.74) is 0. The summed E-state index contributed by atoms with van der Waals surface area (Å²) in [5, 5.41) is 6.71. The Balaban J connectivity index is 2.62. The number of unbranched alkanes of at least 4 members (excludes halogenated alkanes) is 4. The van der Waals surface area contributed by atoms with Crippen LogP contribution in [0.5, 0.6) is 0 Å². The van der Waals surface area contributed by atoms with E-state index in [4.69, 9.17) is 5.41 Å². The first-order valence-corrected chi connectivity index (χ1v) is 3.40. The van der Waals surface area contributed by atoms with Gasteiger partial charge in [0.25, 0.3) is 0 Å².